The second-order valence-electron chi connectivity index (χ2n) is 6.40. The number of rotatable bonds is 2. The summed E-state index contributed by atoms with van der Waals surface area (Å²) >= 11 is 0. The van der Waals surface area contributed by atoms with Gasteiger partial charge in [-0.2, -0.15) is 0 Å². The van der Waals surface area contributed by atoms with E-state index in [9.17, 15) is 14.4 Å². The van der Waals surface area contributed by atoms with Gasteiger partial charge in [-0.15, -0.1) is 0 Å². The number of nitrogen functional groups attached to an aromatic ring is 1. The Hall–Kier alpha value is -2.05. The average molecular weight is 278 g/mol. The number of hydrogen-bond donors (Lipinski definition) is 3. The molecule has 2 fully saturated rings. The summed E-state index contributed by atoms with van der Waals surface area (Å²) in [5, 5.41) is 0. The fourth-order valence-corrected chi connectivity index (χ4v) is 3.25. The molecule has 3 rings (SSSR count). The van der Waals surface area contributed by atoms with E-state index >= 15 is 0 Å². The number of aromatic amines is 2. The standard InChI is InChI=1S/C13H18N4O3/c1-13(2)5-17(9(13)6-3-4-6)11(19)8-7(14)10(18)16-12(20)15-8/h6,9H,3-5,14H2,1-2H3,(H2,15,16,18,20). The van der Waals surface area contributed by atoms with Crippen LogP contribution in [0.1, 0.15) is 37.2 Å². The molecule has 1 aromatic heterocycles. The highest BCUT2D eigenvalue weighted by atomic mass is 16.2. The Labute approximate surface area is 115 Å². The van der Waals surface area contributed by atoms with Crippen molar-refractivity contribution in [2.24, 2.45) is 11.3 Å². The Bertz CT molecular complexity index is 684. The van der Waals surface area contributed by atoms with Crippen LogP contribution in [0.25, 0.3) is 0 Å². The van der Waals surface area contributed by atoms with E-state index < -0.39 is 11.2 Å². The Morgan fingerprint density at radius 3 is 2.50 bits per heavy atom. The van der Waals surface area contributed by atoms with Crippen LogP contribution >= 0.6 is 0 Å². The van der Waals surface area contributed by atoms with Crippen molar-refractivity contribution in [3.63, 3.8) is 0 Å². The fourth-order valence-electron chi connectivity index (χ4n) is 3.25. The molecule has 0 bridgehead atoms. The first-order valence-corrected chi connectivity index (χ1v) is 6.74. The number of aromatic nitrogens is 2. The van der Waals surface area contributed by atoms with Gasteiger partial charge in [0.05, 0.1) is 0 Å². The van der Waals surface area contributed by atoms with Crippen LogP contribution in [0, 0.1) is 11.3 Å². The first kappa shape index (κ1) is 13.0. The molecule has 2 aliphatic rings. The highest BCUT2D eigenvalue weighted by Gasteiger charge is 2.54. The lowest BCUT2D eigenvalue weighted by Crippen LogP contribution is -2.65. The molecule has 1 atom stereocenters. The Morgan fingerprint density at radius 2 is 1.95 bits per heavy atom. The molecule has 1 saturated heterocycles. The van der Waals surface area contributed by atoms with Crippen molar-refractivity contribution >= 4 is 11.6 Å². The zero-order valence-corrected chi connectivity index (χ0v) is 11.5. The van der Waals surface area contributed by atoms with Crippen molar-refractivity contribution in [2.45, 2.75) is 32.7 Å². The maximum atomic E-state index is 12.5. The quantitative estimate of drug-likeness (QED) is 0.701. The summed E-state index contributed by atoms with van der Waals surface area (Å²) in [5.41, 5.74) is 3.93. The topological polar surface area (TPSA) is 112 Å². The molecule has 1 saturated carbocycles. The molecule has 2 heterocycles. The maximum absolute atomic E-state index is 12.5. The summed E-state index contributed by atoms with van der Waals surface area (Å²) in [6.45, 7) is 4.87. The van der Waals surface area contributed by atoms with Gasteiger partial charge in [0.1, 0.15) is 11.4 Å². The molecule has 1 aliphatic carbocycles. The number of carbonyl (C=O) groups is 1. The van der Waals surface area contributed by atoms with Gasteiger partial charge in [0, 0.05) is 18.0 Å². The van der Waals surface area contributed by atoms with E-state index in [1.165, 1.54) is 0 Å². The van der Waals surface area contributed by atoms with Crippen LogP contribution in [0.3, 0.4) is 0 Å². The Balaban J connectivity index is 1.94. The maximum Gasteiger partial charge on any atom is 0.326 e. The molecule has 0 aromatic carbocycles. The van der Waals surface area contributed by atoms with E-state index in [1.807, 2.05) is 4.98 Å². The molecule has 7 heteroatoms. The third kappa shape index (κ3) is 1.85. The van der Waals surface area contributed by atoms with Crippen LogP contribution < -0.4 is 17.0 Å². The van der Waals surface area contributed by atoms with Crippen LogP contribution in [0.15, 0.2) is 9.59 Å². The lowest BCUT2D eigenvalue weighted by Gasteiger charge is -2.54. The summed E-state index contributed by atoms with van der Waals surface area (Å²) in [5.74, 6) is 0.166. The number of carbonyl (C=O) groups excluding carboxylic acids is 1. The van der Waals surface area contributed by atoms with Crippen LogP contribution in [-0.4, -0.2) is 33.4 Å². The first-order valence-electron chi connectivity index (χ1n) is 6.74. The molecule has 1 unspecified atom stereocenters. The number of amides is 1. The fraction of sp³-hybridized carbons (Fsp3) is 0.615. The van der Waals surface area contributed by atoms with Gasteiger partial charge < -0.3 is 15.6 Å². The van der Waals surface area contributed by atoms with E-state index in [4.69, 9.17) is 5.73 Å². The smallest absolute Gasteiger partial charge is 0.326 e. The van der Waals surface area contributed by atoms with Gasteiger partial charge in [-0.3, -0.25) is 14.6 Å². The van der Waals surface area contributed by atoms with E-state index in [0.717, 1.165) is 12.8 Å². The summed E-state index contributed by atoms with van der Waals surface area (Å²) in [4.78, 5) is 41.4. The zero-order valence-electron chi connectivity index (χ0n) is 11.5. The number of nitrogens with one attached hydrogen (secondary N) is 2. The van der Waals surface area contributed by atoms with E-state index in [1.54, 1.807) is 4.90 Å². The number of nitrogens with two attached hydrogens (primary N) is 1. The van der Waals surface area contributed by atoms with Crippen molar-refractivity contribution in [2.75, 3.05) is 12.3 Å². The van der Waals surface area contributed by atoms with Crippen LogP contribution in [0.5, 0.6) is 0 Å². The number of hydrogen-bond acceptors (Lipinski definition) is 4. The highest BCUT2D eigenvalue weighted by Crippen LogP contribution is 2.50. The predicted octanol–water partition coefficient (Wildman–Crippen LogP) is -0.0940. The van der Waals surface area contributed by atoms with Crippen molar-refractivity contribution in [1.82, 2.24) is 14.9 Å². The monoisotopic (exact) mass is 278 g/mol. The average Bonchev–Trinajstić information content (AvgIpc) is 3.14. The predicted molar refractivity (Wildman–Crippen MR) is 73.4 cm³/mol. The van der Waals surface area contributed by atoms with Gasteiger partial charge in [0.2, 0.25) is 0 Å². The molecule has 0 spiro atoms. The van der Waals surface area contributed by atoms with Crippen LogP contribution in [0.4, 0.5) is 5.69 Å². The van der Waals surface area contributed by atoms with E-state index in [-0.39, 0.29) is 28.7 Å². The van der Waals surface area contributed by atoms with E-state index in [0.29, 0.717) is 12.5 Å². The SMILES string of the molecule is CC1(C)CN(C(=O)c2[nH]c(=O)[nH]c(=O)c2N)C1C1CC1. The summed E-state index contributed by atoms with van der Waals surface area (Å²) in [6, 6.07) is 0.164. The second-order valence-corrected chi connectivity index (χ2v) is 6.40. The minimum absolute atomic E-state index is 0.0765. The Kier molecular flexibility index (Phi) is 2.57. The zero-order chi connectivity index (χ0) is 14.7. The number of nitrogens with zero attached hydrogens (tertiary/aromatic N) is 1. The summed E-state index contributed by atoms with van der Waals surface area (Å²) in [6.07, 6.45) is 2.25. The molecule has 20 heavy (non-hydrogen) atoms. The lowest BCUT2D eigenvalue weighted by molar-refractivity contribution is -0.0412. The molecule has 108 valence electrons. The minimum atomic E-state index is -0.722. The number of anilines is 1. The third-order valence-corrected chi connectivity index (χ3v) is 4.24. The van der Waals surface area contributed by atoms with Gasteiger partial charge >= 0.3 is 5.69 Å². The lowest BCUT2D eigenvalue weighted by atomic mass is 9.72. The molecule has 1 aromatic rings. The third-order valence-electron chi connectivity index (χ3n) is 4.24. The molecule has 7 nitrogen and oxygen atoms in total. The van der Waals surface area contributed by atoms with Crippen molar-refractivity contribution < 1.29 is 4.79 Å². The van der Waals surface area contributed by atoms with Gasteiger partial charge in [-0.05, 0) is 18.8 Å². The van der Waals surface area contributed by atoms with Crippen molar-refractivity contribution in [3.05, 3.63) is 26.5 Å². The van der Waals surface area contributed by atoms with Gasteiger partial charge in [0.25, 0.3) is 11.5 Å². The number of H-pyrrole nitrogens is 2. The molecular weight excluding hydrogens is 260 g/mol. The molecule has 1 aliphatic heterocycles. The summed E-state index contributed by atoms with van der Waals surface area (Å²) < 4.78 is 0. The molecule has 0 radical (unpaired) electrons. The Morgan fingerprint density at radius 1 is 1.30 bits per heavy atom. The van der Waals surface area contributed by atoms with Crippen molar-refractivity contribution in [3.8, 4) is 0 Å². The molecule has 4 N–H and O–H groups in total. The normalized spacial score (nSPS) is 24.3. The van der Waals surface area contributed by atoms with Gasteiger partial charge in [-0.1, -0.05) is 13.8 Å². The van der Waals surface area contributed by atoms with E-state index in [2.05, 4.69) is 18.8 Å². The molecule has 1 amide bonds. The van der Waals surface area contributed by atoms with Crippen LogP contribution in [-0.2, 0) is 0 Å². The largest absolute Gasteiger partial charge is 0.392 e. The van der Waals surface area contributed by atoms with Crippen LogP contribution in [0.2, 0.25) is 0 Å². The number of likely N-dealkylation sites (tertiary alicyclic amines) is 1. The summed E-state index contributed by atoms with van der Waals surface area (Å²) in [7, 11) is 0. The van der Waals surface area contributed by atoms with Gasteiger partial charge in [0.15, 0.2) is 0 Å². The van der Waals surface area contributed by atoms with Gasteiger partial charge in [-0.25, -0.2) is 4.79 Å². The minimum Gasteiger partial charge on any atom is -0.392 e. The van der Waals surface area contributed by atoms with Crippen molar-refractivity contribution in [1.29, 1.82) is 0 Å². The second kappa shape index (κ2) is 3.97. The highest BCUT2D eigenvalue weighted by molar-refractivity contribution is 5.97. The molecular formula is C13H18N4O3. The first-order chi connectivity index (χ1) is 9.31.